The van der Waals surface area contributed by atoms with Crippen molar-refractivity contribution in [2.45, 2.75) is 12.0 Å². The highest BCUT2D eigenvalue weighted by Gasteiger charge is 2.40. The SMILES string of the molecule is O=C1c2ccc(O)cc2OC(c2cccc(O)c2O)C1c1ccccc1. The molecule has 2 atom stereocenters. The summed E-state index contributed by atoms with van der Waals surface area (Å²) in [4.78, 5) is 13.2. The first-order valence-electron chi connectivity index (χ1n) is 8.16. The molecule has 0 saturated carbocycles. The van der Waals surface area contributed by atoms with Crippen molar-refractivity contribution in [1.29, 1.82) is 0 Å². The third-order valence-corrected chi connectivity index (χ3v) is 4.58. The zero-order valence-corrected chi connectivity index (χ0v) is 13.7. The van der Waals surface area contributed by atoms with Crippen molar-refractivity contribution in [2.24, 2.45) is 0 Å². The van der Waals surface area contributed by atoms with Crippen molar-refractivity contribution in [3.8, 4) is 23.0 Å². The number of ether oxygens (including phenoxy) is 1. The molecule has 3 N–H and O–H groups in total. The second-order valence-electron chi connectivity index (χ2n) is 6.19. The quantitative estimate of drug-likeness (QED) is 0.611. The van der Waals surface area contributed by atoms with Gasteiger partial charge in [-0.15, -0.1) is 0 Å². The Labute approximate surface area is 149 Å². The number of ketones is 1. The van der Waals surface area contributed by atoms with E-state index >= 15 is 0 Å². The standard InChI is InChI=1S/C21H16O5/c22-13-9-10-14-17(11-13)26-21(15-7-4-8-16(23)19(15)24)18(20(14)25)12-5-2-1-3-6-12/h1-11,18,21-24H. The Bertz CT molecular complexity index is 981. The van der Waals surface area contributed by atoms with Gasteiger partial charge in [0.25, 0.3) is 0 Å². The molecule has 5 nitrogen and oxygen atoms in total. The smallest absolute Gasteiger partial charge is 0.178 e. The second-order valence-corrected chi connectivity index (χ2v) is 6.19. The number of aromatic hydroxyl groups is 3. The van der Waals surface area contributed by atoms with Gasteiger partial charge in [-0.1, -0.05) is 42.5 Å². The number of rotatable bonds is 2. The predicted molar refractivity (Wildman–Crippen MR) is 94.8 cm³/mol. The first-order chi connectivity index (χ1) is 12.6. The van der Waals surface area contributed by atoms with Crippen LogP contribution in [0.25, 0.3) is 0 Å². The Morgan fingerprint density at radius 3 is 2.38 bits per heavy atom. The minimum Gasteiger partial charge on any atom is -0.508 e. The fraction of sp³-hybridized carbons (Fsp3) is 0.0952. The molecule has 0 radical (unpaired) electrons. The molecule has 0 spiro atoms. The van der Waals surface area contributed by atoms with Gasteiger partial charge in [-0.25, -0.2) is 0 Å². The lowest BCUT2D eigenvalue weighted by atomic mass is 9.80. The first kappa shape index (κ1) is 16.0. The summed E-state index contributed by atoms with van der Waals surface area (Å²) in [5.74, 6) is -1.25. The number of Topliss-reactive ketones (excluding diaryl/α,β-unsaturated/α-hetero) is 1. The first-order valence-corrected chi connectivity index (χ1v) is 8.16. The van der Waals surface area contributed by atoms with E-state index in [1.165, 1.54) is 24.3 Å². The molecule has 0 aliphatic carbocycles. The molecule has 1 aliphatic heterocycles. The number of para-hydroxylation sites is 1. The minimum atomic E-state index is -0.841. The van der Waals surface area contributed by atoms with Crippen LogP contribution in [0.5, 0.6) is 23.0 Å². The van der Waals surface area contributed by atoms with Gasteiger partial charge in [0.15, 0.2) is 17.3 Å². The molecule has 0 saturated heterocycles. The van der Waals surface area contributed by atoms with Gasteiger partial charge in [-0.3, -0.25) is 4.79 Å². The number of phenolic OH excluding ortho intramolecular Hbond substituents is 3. The highest BCUT2D eigenvalue weighted by atomic mass is 16.5. The third kappa shape index (κ3) is 2.54. The molecule has 4 rings (SSSR count). The van der Waals surface area contributed by atoms with Crippen LogP contribution >= 0.6 is 0 Å². The summed E-state index contributed by atoms with van der Waals surface area (Å²) < 4.78 is 6.02. The number of fused-ring (bicyclic) bond motifs is 1. The summed E-state index contributed by atoms with van der Waals surface area (Å²) in [5.41, 5.74) is 1.41. The number of hydrogen-bond donors (Lipinski definition) is 3. The van der Waals surface area contributed by atoms with E-state index in [0.717, 1.165) is 5.56 Å². The van der Waals surface area contributed by atoms with Crippen LogP contribution in [0, 0.1) is 0 Å². The van der Waals surface area contributed by atoms with Crippen LogP contribution in [0.4, 0.5) is 0 Å². The van der Waals surface area contributed by atoms with Crippen LogP contribution in [0.2, 0.25) is 0 Å². The molecular weight excluding hydrogens is 332 g/mol. The Morgan fingerprint density at radius 1 is 0.846 bits per heavy atom. The van der Waals surface area contributed by atoms with Gasteiger partial charge >= 0.3 is 0 Å². The molecule has 1 heterocycles. The van der Waals surface area contributed by atoms with Crippen LogP contribution in [0.15, 0.2) is 66.7 Å². The molecule has 1 aliphatic rings. The van der Waals surface area contributed by atoms with E-state index in [-0.39, 0.29) is 28.8 Å². The summed E-state index contributed by atoms with van der Waals surface area (Å²) in [7, 11) is 0. The molecule has 0 bridgehead atoms. The van der Waals surface area contributed by atoms with Crippen molar-refractivity contribution >= 4 is 5.78 Å². The number of carbonyl (C=O) groups is 1. The minimum absolute atomic E-state index is 0.0198. The molecule has 26 heavy (non-hydrogen) atoms. The lowest BCUT2D eigenvalue weighted by Gasteiger charge is -2.33. The summed E-state index contributed by atoms with van der Waals surface area (Å²) in [6.07, 6.45) is -0.841. The van der Waals surface area contributed by atoms with E-state index in [9.17, 15) is 20.1 Å². The average molecular weight is 348 g/mol. The van der Waals surface area contributed by atoms with E-state index in [1.807, 2.05) is 30.3 Å². The molecule has 0 fully saturated rings. The Kier molecular flexibility index (Phi) is 3.77. The highest BCUT2D eigenvalue weighted by molar-refractivity contribution is 6.05. The average Bonchev–Trinajstić information content (AvgIpc) is 2.64. The molecule has 3 aromatic rings. The van der Waals surface area contributed by atoms with Gasteiger partial charge in [0.2, 0.25) is 0 Å². The maximum Gasteiger partial charge on any atom is 0.178 e. The van der Waals surface area contributed by atoms with Crippen molar-refractivity contribution in [2.75, 3.05) is 0 Å². The van der Waals surface area contributed by atoms with Crippen molar-refractivity contribution in [3.63, 3.8) is 0 Å². The predicted octanol–water partition coefficient (Wildman–Crippen LogP) is 3.90. The fourth-order valence-corrected chi connectivity index (χ4v) is 3.33. The summed E-state index contributed by atoms with van der Waals surface area (Å²) in [5, 5.41) is 29.9. The van der Waals surface area contributed by atoms with E-state index in [1.54, 1.807) is 12.1 Å². The monoisotopic (exact) mass is 348 g/mol. The number of phenols is 3. The fourth-order valence-electron chi connectivity index (χ4n) is 3.33. The van der Waals surface area contributed by atoms with Gasteiger partial charge in [0.1, 0.15) is 17.6 Å². The van der Waals surface area contributed by atoms with Crippen LogP contribution < -0.4 is 4.74 Å². The number of hydrogen-bond acceptors (Lipinski definition) is 5. The van der Waals surface area contributed by atoms with Gasteiger partial charge in [-0.05, 0) is 23.8 Å². The Balaban J connectivity index is 1.91. The topological polar surface area (TPSA) is 87.0 Å². The molecular formula is C21H16O5. The molecule has 3 aromatic carbocycles. The van der Waals surface area contributed by atoms with Gasteiger partial charge in [0.05, 0.1) is 11.5 Å². The highest BCUT2D eigenvalue weighted by Crippen LogP contribution is 2.48. The van der Waals surface area contributed by atoms with Crippen molar-refractivity contribution in [1.82, 2.24) is 0 Å². The maximum atomic E-state index is 13.2. The molecule has 2 unspecified atom stereocenters. The largest absolute Gasteiger partial charge is 0.508 e. The van der Waals surface area contributed by atoms with Crippen LogP contribution in [0.3, 0.4) is 0 Å². The summed E-state index contributed by atoms with van der Waals surface area (Å²) in [6, 6.07) is 18.0. The lowest BCUT2D eigenvalue weighted by molar-refractivity contribution is 0.0776. The molecule has 5 heteroatoms. The number of benzene rings is 3. The van der Waals surface area contributed by atoms with Crippen LogP contribution in [0.1, 0.15) is 33.5 Å². The van der Waals surface area contributed by atoms with Gasteiger partial charge in [-0.2, -0.15) is 0 Å². The van der Waals surface area contributed by atoms with E-state index in [4.69, 9.17) is 4.74 Å². The second kappa shape index (κ2) is 6.11. The number of carbonyl (C=O) groups excluding carboxylic acids is 1. The van der Waals surface area contributed by atoms with E-state index in [0.29, 0.717) is 11.1 Å². The third-order valence-electron chi connectivity index (χ3n) is 4.58. The van der Waals surface area contributed by atoms with Crippen molar-refractivity contribution in [3.05, 3.63) is 83.4 Å². The van der Waals surface area contributed by atoms with E-state index < -0.39 is 12.0 Å². The maximum absolute atomic E-state index is 13.2. The van der Waals surface area contributed by atoms with Gasteiger partial charge in [0, 0.05) is 11.6 Å². The lowest BCUT2D eigenvalue weighted by Crippen LogP contribution is -2.30. The zero-order valence-electron chi connectivity index (χ0n) is 13.7. The normalized spacial score (nSPS) is 18.8. The Morgan fingerprint density at radius 2 is 1.62 bits per heavy atom. The summed E-state index contributed by atoms with van der Waals surface area (Å²) in [6.45, 7) is 0. The van der Waals surface area contributed by atoms with Crippen LogP contribution in [-0.2, 0) is 0 Å². The molecule has 0 aromatic heterocycles. The summed E-state index contributed by atoms with van der Waals surface area (Å²) >= 11 is 0. The molecule has 130 valence electrons. The molecule has 0 amide bonds. The van der Waals surface area contributed by atoms with Gasteiger partial charge < -0.3 is 20.1 Å². The Hall–Kier alpha value is -3.47. The van der Waals surface area contributed by atoms with E-state index in [2.05, 4.69) is 0 Å². The van der Waals surface area contributed by atoms with Crippen molar-refractivity contribution < 1.29 is 24.9 Å². The van der Waals surface area contributed by atoms with Crippen LogP contribution in [-0.4, -0.2) is 21.1 Å². The zero-order chi connectivity index (χ0) is 18.3.